The Morgan fingerprint density at radius 1 is 1.30 bits per heavy atom. The van der Waals surface area contributed by atoms with Gasteiger partial charge in [-0.2, -0.15) is 0 Å². The van der Waals surface area contributed by atoms with Crippen LogP contribution in [0.3, 0.4) is 0 Å². The van der Waals surface area contributed by atoms with Gasteiger partial charge in [-0.15, -0.1) is 0 Å². The number of halogens is 2. The van der Waals surface area contributed by atoms with Gasteiger partial charge in [0, 0.05) is 17.2 Å². The Morgan fingerprint density at radius 2 is 2.05 bits per heavy atom. The summed E-state index contributed by atoms with van der Waals surface area (Å²) in [5.74, 6) is -0.409. The van der Waals surface area contributed by atoms with Gasteiger partial charge in [0.25, 0.3) is 0 Å². The molecule has 0 unspecified atom stereocenters. The second-order valence-corrected chi connectivity index (χ2v) is 5.12. The molecule has 20 heavy (non-hydrogen) atoms. The Kier molecular flexibility index (Phi) is 4.24. The highest BCUT2D eigenvalue weighted by Crippen LogP contribution is 2.26. The quantitative estimate of drug-likeness (QED) is 0.818. The summed E-state index contributed by atoms with van der Waals surface area (Å²) in [6.45, 7) is 0. The molecular weight excluding hydrogens is 325 g/mol. The van der Waals surface area contributed by atoms with Gasteiger partial charge >= 0.3 is 6.03 Å². The number of nitrogens with two attached hydrogens (primary N) is 1. The minimum Gasteiger partial charge on any atom is -0.397 e. The van der Waals surface area contributed by atoms with E-state index in [1.165, 1.54) is 23.1 Å². The smallest absolute Gasteiger partial charge is 0.326 e. The van der Waals surface area contributed by atoms with E-state index < -0.39 is 11.8 Å². The zero-order valence-corrected chi connectivity index (χ0v) is 12.3. The zero-order valence-electron chi connectivity index (χ0n) is 10.7. The number of nitrogens with zero attached hydrogens (tertiary/aromatic N) is 1. The van der Waals surface area contributed by atoms with Crippen LogP contribution < -0.4 is 16.0 Å². The molecule has 0 aliphatic heterocycles. The number of hydrogen-bond donors (Lipinski definition) is 2. The molecule has 3 N–H and O–H groups in total. The van der Waals surface area contributed by atoms with Gasteiger partial charge in [-0.05, 0) is 36.4 Å². The minimum atomic E-state index is -0.409. The number of nitrogens with one attached hydrogen (secondary N) is 1. The fourth-order valence-electron chi connectivity index (χ4n) is 1.71. The lowest BCUT2D eigenvalue weighted by Crippen LogP contribution is -2.31. The highest BCUT2D eigenvalue weighted by atomic mass is 79.9. The van der Waals surface area contributed by atoms with Crippen LogP contribution >= 0.6 is 15.9 Å². The summed E-state index contributed by atoms with van der Waals surface area (Å²) >= 11 is 3.30. The van der Waals surface area contributed by atoms with Gasteiger partial charge in [-0.1, -0.05) is 22.0 Å². The Hall–Kier alpha value is -2.08. The lowest BCUT2D eigenvalue weighted by Gasteiger charge is -2.20. The summed E-state index contributed by atoms with van der Waals surface area (Å²) in [4.78, 5) is 13.5. The predicted octanol–water partition coefficient (Wildman–Crippen LogP) is 3.84. The SMILES string of the molecule is CN(C(=O)Nc1cccc(F)c1)c1ccc(Br)cc1N. The molecule has 6 heteroatoms. The van der Waals surface area contributed by atoms with Crippen LogP contribution in [0, 0.1) is 5.82 Å². The van der Waals surface area contributed by atoms with E-state index in [-0.39, 0.29) is 0 Å². The van der Waals surface area contributed by atoms with Gasteiger partial charge in [-0.3, -0.25) is 4.90 Å². The van der Waals surface area contributed by atoms with Gasteiger partial charge in [0.15, 0.2) is 0 Å². The maximum absolute atomic E-state index is 13.1. The average Bonchev–Trinajstić information content (AvgIpc) is 2.38. The van der Waals surface area contributed by atoms with Gasteiger partial charge in [-0.25, -0.2) is 9.18 Å². The van der Waals surface area contributed by atoms with Crippen LogP contribution in [0.5, 0.6) is 0 Å². The third-order valence-corrected chi connectivity index (χ3v) is 3.22. The number of urea groups is 1. The number of hydrogen-bond acceptors (Lipinski definition) is 2. The van der Waals surface area contributed by atoms with Crippen molar-refractivity contribution in [2.24, 2.45) is 0 Å². The van der Waals surface area contributed by atoms with Crippen LogP contribution in [0.15, 0.2) is 46.9 Å². The minimum absolute atomic E-state index is 0.387. The first-order chi connectivity index (χ1) is 9.47. The molecule has 0 radical (unpaired) electrons. The zero-order chi connectivity index (χ0) is 14.7. The molecule has 2 amide bonds. The molecule has 0 saturated heterocycles. The molecule has 0 aromatic heterocycles. The second-order valence-electron chi connectivity index (χ2n) is 4.20. The topological polar surface area (TPSA) is 58.4 Å². The molecule has 0 spiro atoms. The summed E-state index contributed by atoms with van der Waals surface area (Å²) in [7, 11) is 1.59. The summed E-state index contributed by atoms with van der Waals surface area (Å²) < 4.78 is 13.9. The predicted molar refractivity (Wildman–Crippen MR) is 82.4 cm³/mol. The van der Waals surface area contributed by atoms with Crippen LogP contribution in [-0.4, -0.2) is 13.1 Å². The first kappa shape index (κ1) is 14.3. The van der Waals surface area contributed by atoms with Crippen molar-refractivity contribution < 1.29 is 9.18 Å². The first-order valence-electron chi connectivity index (χ1n) is 5.82. The summed E-state index contributed by atoms with van der Waals surface area (Å²) in [6.07, 6.45) is 0. The van der Waals surface area contributed by atoms with Crippen LogP contribution in [-0.2, 0) is 0 Å². The van der Waals surface area contributed by atoms with E-state index in [1.54, 1.807) is 31.3 Å². The molecule has 0 heterocycles. The monoisotopic (exact) mass is 337 g/mol. The maximum atomic E-state index is 13.1. The number of carbonyl (C=O) groups excluding carboxylic acids is 1. The molecule has 4 nitrogen and oxygen atoms in total. The highest BCUT2D eigenvalue weighted by molar-refractivity contribution is 9.10. The summed E-state index contributed by atoms with van der Waals surface area (Å²) in [5, 5.41) is 2.60. The number of rotatable bonds is 2. The lowest BCUT2D eigenvalue weighted by molar-refractivity contribution is 0.258. The summed E-state index contributed by atoms with van der Waals surface area (Å²) in [5.41, 5.74) is 7.29. The van der Waals surface area contributed by atoms with E-state index >= 15 is 0 Å². The van der Waals surface area contributed by atoms with Gasteiger partial charge in [0.05, 0.1) is 11.4 Å². The molecule has 104 valence electrons. The van der Waals surface area contributed by atoms with Gasteiger partial charge < -0.3 is 11.1 Å². The van der Waals surface area contributed by atoms with Crippen molar-refractivity contribution in [3.05, 3.63) is 52.8 Å². The average molecular weight is 338 g/mol. The van der Waals surface area contributed by atoms with Crippen LogP contribution in [0.4, 0.5) is 26.2 Å². The molecular formula is C14H13BrFN3O. The molecule has 0 saturated carbocycles. The number of benzene rings is 2. The summed E-state index contributed by atoms with van der Waals surface area (Å²) in [6, 6.07) is 10.5. The van der Waals surface area contributed by atoms with Crippen LogP contribution in [0.2, 0.25) is 0 Å². The molecule has 0 bridgehead atoms. The van der Waals surface area contributed by atoms with Crippen molar-refractivity contribution in [3.8, 4) is 0 Å². The Bertz CT molecular complexity index is 648. The Labute approximate surface area is 124 Å². The number of anilines is 3. The Morgan fingerprint density at radius 3 is 2.70 bits per heavy atom. The third-order valence-electron chi connectivity index (χ3n) is 2.73. The van der Waals surface area contributed by atoms with E-state index in [0.717, 1.165) is 4.47 Å². The Balaban J connectivity index is 2.16. The van der Waals surface area contributed by atoms with Crippen molar-refractivity contribution in [1.82, 2.24) is 0 Å². The van der Waals surface area contributed by atoms with Gasteiger partial charge in [0.1, 0.15) is 5.82 Å². The molecule has 0 aliphatic rings. The largest absolute Gasteiger partial charge is 0.397 e. The van der Waals surface area contributed by atoms with Crippen molar-refractivity contribution >= 4 is 39.0 Å². The van der Waals surface area contributed by atoms with Crippen molar-refractivity contribution in [2.75, 3.05) is 23.0 Å². The number of carbonyl (C=O) groups is 1. The number of nitrogen functional groups attached to an aromatic ring is 1. The fourth-order valence-corrected chi connectivity index (χ4v) is 2.09. The molecule has 0 fully saturated rings. The van der Waals surface area contributed by atoms with E-state index in [2.05, 4.69) is 21.2 Å². The van der Waals surface area contributed by atoms with Crippen molar-refractivity contribution in [3.63, 3.8) is 0 Å². The molecule has 0 aliphatic carbocycles. The first-order valence-corrected chi connectivity index (χ1v) is 6.62. The second kappa shape index (κ2) is 5.92. The highest BCUT2D eigenvalue weighted by Gasteiger charge is 2.13. The standard InChI is InChI=1S/C14H13BrFN3O/c1-19(13-6-5-9(15)7-12(13)17)14(20)18-11-4-2-3-10(16)8-11/h2-8H,17H2,1H3,(H,18,20). The fraction of sp³-hybridized carbons (Fsp3) is 0.0714. The van der Waals surface area contributed by atoms with E-state index in [4.69, 9.17) is 5.73 Å². The molecule has 2 rings (SSSR count). The van der Waals surface area contributed by atoms with Crippen LogP contribution in [0.1, 0.15) is 0 Å². The van der Waals surface area contributed by atoms with E-state index in [0.29, 0.717) is 17.1 Å². The molecule has 2 aromatic rings. The normalized spacial score (nSPS) is 10.2. The maximum Gasteiger partial charge on any atom is 0.326 e. The van der Waals surface area contributed by atoms with Gasteiger partial charge in [0.2, 0.25) is 0 Å². The third kappa shape index (κ3) is 3.27. The van der Waals surface area contributed by atoms with Crippen LogP contribution in [0.25, 0.3) is 0 Å². The number of amides is 2. The molecule has 2 aromatic carbocycles. The van der Waals surface area contributed by atoms with Crippen molar-refractivity contribution in [1.29, 1.82) is 0 Å². The molecule has 0 atom stereocenters. The van der Waals surface area contributed by atoms with Crippen molar-refractivity contribution in [2.45, 2.75) is 0 Å². The lowest BCUT2D eigenvalue weighted by atomic mass is 10.2. The van der Waals surface area contributed by atoms with E-state index in [1.807, 2.05) is 0 Å². The van der Waals surface area contributed by atoms with E-state index in [9.17, 15) is 9.18 Å².